The molecule has 0 aromatic heterocycles. The van der Waals surface area contributed by atoms with Gasteiger partial charge in [0.15, 0.2) is 0 Å². The highest BCUT2D eigenvalue weighted by molar-refractivity contribution is 5.78. The number of halogens is 1. The van der Waals surface area contributed by atoms with Crippen LogP contribution < -0.4 is 5.32 Å². The first kappa shape index (κ1) is 15.6. The minimum Gasteiger partial charge on any atom is -0.395 e. The Labute approximate surface area is 113 Å². The van der Waals surface area contributed by atoms with E-state index in [1.165, 1.54) is 12.1 Å². The molecule has 1 amide bonds. The van der Waals surface area contributed by atoms with Gasteiger partial charge in [0.1, 0.15) is 5.82 Å². The third-order valence-electron chi connectivity index (χ3n) is 2.98. The number of nitrogens with one attached hydrogen (secondary N) is 1. The molecule has 1 unspecified atom stereocenters. The van der Waals surface area contributed by atoms with Gasteiger partial charge in [-0.1, -0.05) is 19.1 Å². The van der Waals surface area contributed by atoms with Crippen LogP contribution in [0.25, 0.3) is 0 Å². The molecule has 0 heterocycles. The summed E-state index contributed by atoms with van der Waals surface area (Å²) in [7, 11) is 0. The summed E-state index contributed by atoms with van der Waals surface area (Å²) in [5, 5.41) is 11.7. The topological polar surface area (TPSA) is 52.6 Å². The molecule has 0 fully saturated rings. The van der Waals surface area contributed by atoms with Crippen LogP contribution in [0.1, 0.15) is 25.5 Å². The van der Waals surface area contributed by atoms with Gasteiger partial charge in [-0.25, -0.2) is 4.39 Å². The molecule has 1 aromatic carbocycles. The van der Waals surface area contributed by atoms with E-state index in [2.05, 4.69) is 5.32 Å². The fraction of sp³-hybridized carbons (Fsp3) is 0.500. The summed E-state index contributed by atoms with van der Waals surface area (Å²) in [4.78, 5) is 13.7. The van der Waals surface area contributed by atoms with Crippen molar-refractivity contribution in [3.05, 3.63) is 35.6 Å². The monoisotopic (exact) mass is 268 g/mol. The molecule has 0 aliphatic rings. The van der Waals surface area contributed by atoms with Crippen LogP contribution in [0, 0.1) is 5.82 Å². The molecule has 1 atom stereocenters. The summed E-state index contributed by atoms with van der Waals surface area (Å²) >= 11 is 0. The maximum atomic E-state index is 12.8. The Balaban J connectivity index is 2.49. The van der Waals surface area contributed by atoms with E-state index in [-0.39, 0.29) is 30.9 Å². The van der Waals surface area contributed by atoms with Gasteiger partial charge in [-0.05, 0) is 31.2 Å². The molecule has 0 aliphatic carbocycles. The zero-order chi connectivity index (χ0) is 14.3. The fourth-order valence-corrected chi connectivity index (χ4v) is 1.82. The van der Waals surface area contributed by atoms with Crippen LogP contribution in [0.3, 0.4) is 0 Å². The summed E-state index contributed by atoms with van der Waals surface area (Å²) in [6.45, 7) is 5.27. The van der Waals surface area contributed by atoms with E-state index < -0.39 is 0 Å². The number of hydrogen-bond donors (Lipinski definition) is 2. The van der Waals surface area contributed by atoms with Gasteiger partial charge in [0.05, 0.1) is 19.2 Å². The Morgan fingerprint density at radius 1 is 1.42 bits per heavy atom. The predicted molar refractivity (Wildman–Crippen MR) is 72.2 cm³/mol. The number of hydrogen-bond acceptors (Lipinski definition) is 3. The first-order valence-corrected chi connectivity index (χ1v) is 6.44. The van der Waals surface area contributed by atoms with Gasteiger partial charge in [-0.3, -0.25) is 9.69 Å². The highest BCUT2D eigenvalue weighted by Crippen LogP contribution is 2.12. The molecular weight excluding hydrogens is 247 g/mol. The Bertz CT molecular complexity index is 395. The van der Waals surface area contributed by atoms with Crippen molar-refractivity contribution in [3.63, 3.8) is 0 Å². The SMILES string of the molecule is CCN(CCO)CC(=O)NC(C)c1ccc(F)cc1. The zero-order valence-corrected chi connectivity index (χ0v) is 11.4. The van der Waals surface area contributed by atoms with Gasteiger partial charge < -0.3 is 10.4 Å². The molecule has 0 spiro atoms. The number of aliphatic hydroxyl groups is 1. The van der Waals surface area contributed by atoms with E-state index in [4.69, 9.17) is 5.11 Å². The van der Waals surface area contributed by atoms with E-state index in [0.717, 1.165) is 5.56 Å². The van der Waals surface area contributed by atoms with Crippen LogP contribution in [0.5, 0.6) is 0 Å². The highest BCUT2D eigenvalue weighted by Gasteiger charge is 2.12. The number of carbonyl (C=O) groups excluding carboxylic acids is 1. The van der Waals surface area contributed by atoms with Crippen LogP contribution in [-0.2, 0) is 4.79 Å². The van der Waals surface area contributed by atoms with Gasteiger partial charge in [0, 0.05) is 6.54 Å². The van der Waals surface area contributed by atoms with Crippen LogP contribution in [0.4, 0.5) is 4.39 Å². The quantitative estimate of drug-likeness (QED) is 0.784. The van der Waals surface area contributed by atoms with Crippen molar-refractivity contribution in [2.45, 2.75) is 19.9 Å². The minimum absolute atomic E-state index is 0.0363. The van der Waals surface area contributed by atoms with Crippen molar-refractivity contribution in [1.82, 2.24) is 10.2 Å². The maximum absolute atomic E-state index is 12.8. The van der Waals surface area contributed by atoms with Crippen molar-refractivity contribution >= 4 is 5.91 Å². The van der Waals surface area contributed by atoms with E-state index in [0.29, 0.717) is 13.1 Å². The second kappa shape index (κ2) is 7.86. The summed E-state index contributed by atoms with van der Waals surface area (Å²) in [6.07, 6.45) is 0. The lowest BCUT2D eigenvalue weighted by Gasteiger charge is -2.20. The van der Waals surface area contributed by atoms with Crippen molar-refractivity contribution in [1.29, 1.82) is 0 Å². The Morgan fingerprint density at radius 2 is 2.05 bits per heavy atom. The third-order valence-corrected chi connectivity index (χ3v) is 2.98. The van der Waals surface area contributed by atoms with E-state index >= 15 is 0 Å². The number of carbonyl (C=O) groups is 1. The zero-order valence-electron chi connectivity index (χ0n) is 11.4. The van der Waals surface area contributed by atoms with Crippen LogP contribution in [0.2, 0.25) is 0 Å². The standard InChI is InChI=1S/C14H21FN2O2/c1-3-17(8-9-18)10-14(19)16-11(2)12-4-6-13(15)7-5-12/h4-7,11,18H,3,8-10H2,1-2H3,(H,16,19). The first-order chi connectivity index (χ1) is 9.06. The number of rotatable bonds is 7. The lowest BCUT2D eigenvalue weighted by atomic mass is 10.1. The Kier molecular flexibility index (Phi) is 6.45. The van der Waals surface area contributed by atoms with Gasteiger partial charge in [0.25, 0.3) is 0 Å². The Hall–Kier alpha value is -1.46. The number of nitrogens with zero attached hydrogens (tertiary/aromatic N) is 1. The number of likely N-dealkylation sites (N-methyl/N-ethyl adjacent to an activating group) is 1. The lowest BCUT2D eigenvalue weighted by molar-refractivity contribution is -0.122. The second-order valence-electron chi connectivity index (χ2n) is 4.43. The molecule has 0 saturated heterocycles. The summed E-state index contributed by atoms with van der Waals surface area (Å²) in [5.41, 5.74) is 0.861. The van der Waals surface area contributed by atoms with Crippen LogP contribution >= 0.6 is 0 Å². The molecular formula is C14H21FN2O2. The highest BCUT2D eigenvalue weighted by atomic mass is 19.1. The van der Waals surface area contributed by atoms with Gasteiger partial charge >= 0.3 is 0 Å². The first-order valence-electron chi connectivity index (χ1n) is 6.44. The second-order valence-corrected chi connectivity index (χ2v) is 4.43. The van der Waals surface area contributed by atoms with Gasteiger partial charge in [-0.2, -0.15) is 0 Å². The van der Waals surface area contributed by atoms with Crippen LogP contribution in [-0.4, -0.2) is 42.2 Å². The maximum Gasteiger partial charge on any atom is 0.234 e. The molecule has 5 heteroatoms. The van der Waals surface area contributed by atoms with Crippen LogP contribution in [0.15, 0.2) is 24.3 Å². The summed E-state index contributed by atoms with van der Waals surface area (Å²) in [6, 6.07) is 5.91. The minimum atomic E-state index is -0.289. The van der Waals surface area contributed by atoms with Gasteiger partial charge in [-0.15, -0.1) is 0 Å². The van der Waals surface area contributed by atoms with Crippen molar-refractivity contribution in [3.8, 4) is 0 Å². The summed E-state index contributed by atoms with van der Waals surface area (Å²) < 4.78 is 12.8. The molecule has 1 rings (SSSR count). The third kappa shape index (κ3) is 5.36. The number of amides is 1. The Morgan fingerprint density at radius 3 is 2.58 bits per heavy atom. The molecule has 0 bridgehead atoms. The molecule has 0 aliphatic heterocycles. The van der Waals surface area contributed by atoms with E-state index in [1.807, 2.05) is 18.7 Å². The molecule has 4 nitrogen and oxygen atoms in total. The van der Waals surface area contributed by atoms with Crippen molar-refractivity contribution in [2.24, 2.45) is 0 Å². The largest absolute Gasteiger partial charge is 0.395 e. The smallest absolute Gasteiger partial charge is 0.234 e. The molecule has 106 valence electrons. The molecule has 1 aromatic rings. The number of benzene rings is 1. The average molecular weight is 268 g/mol. The average Bonchev–Trinajstić information content (AvgIpc) is 2.38. The molecule has 2 N–H and O–H groups in total. The number of aliphatic hydroxyl groups excluding tert-OH is 1. The molecule has 0 radical (unpaired) electrons. The normalized spacial score (nSPS) is 12.5. The van der Waals surface area contributed by atoms with E-state index in [1.54, 1.807) is 12.1 Å². The van der Waals surface area contributed by atoms with Crippen molar-refractivity contribution < 1.29 is 14.3 Å². The fourth-order valence-electron chi connectivity index (χ4n) is 1.82. The van der Waals surface area contributed by atoms with Gasteiger partial charge in [0.2, 0.25) is 5.91 Å². The van der Waals surface area contributed by atoms with E-state index in [9.17, 15) is 9.18 Å². The van der Waals surface area contributed by atoms with Crippen molar-refractivity contribution in [2.75, 3.05) is 26.2 Å². The summed E-state index contributed by atoms with van der Waals surface area (Å²) in [5.74, 6) is -0.394. The lowest BCUT2D eigenvalue weighted by Crippen LogP contribution is -2.39. The predicted octanol–water partition coefficient (Wildman–Crippen LogP) is 1.32. The molecule has 19 heavy (non-hydrogen) atoms. The molecule has 0 saturated carbocycles.